The number of nitrogens with one attached hydrogen (secondary N) is 2. The Kier molecular flexibility index (Phi) is 5.85. The number of rotatable bonds is 8. The van der Waals surface area contributed by atoms with Crippen LogP contribution in [0.3, 0.4) is 0 Å². The Morgan fingerprint density at radius 3 is 2.67 bits per heavy atom. The van der Waals surface area contributed by atoms with Crippen LogP contribution in [0.1, 0.15) is 18.1 Å². The summed E-state index contributed by atoms with van der Waals surface area (Å²) < 4.78 is 5.63. The first-order valence-electron chi connectivity index (χ1n) is 7.23. The first-order valence-corrected chi connectivity index (χ1v) is 7.23. The highest BCUT2D eigenvalue weighted by Gasteiger charge is 2.03. The lowest BCUT2D eigenvalue weighted by molar-refractivity contribution is 0.337. The zero-order chi connectivity index (χ0) is 14.9. The van der Waals surface area contributed by atoms with Crippen LogP contribution in [-0.2, 0) is 13.0 Å². The monoisotopic (exact) mass is 282 g/mol. The molecule has 0 amide bonds. The van der Waals surface area contributed by atoms with Gasteiger partial charge in [0.1, 0.15) is 5.75 Å². The van der Waals surface area contributed by atoms with Crippen LogP contribution in [0.5, 0.6) is 5.75 Å². The summed E-state index contributed by atoms with van der Waals surface area (Å²) in [5.74, 6) is 0.942. The number of hydrazine groups is 1. The van der Waals surface area contributed by atoms with Crippen molar-refractivity contribution in [3.05, 3.63) is 72.3 Å². The fourth-order valence-corrected chi connectivity index (χ4v) is 2.12. The van der Waals surface area contributed by atoms with Crippen molar-refractivity contribution in [3.63, 3.8) is 0 Å². The first-order chi connectivity index (χ1) is 10.3. The third kappa shape index (κ3) is 4.65. The van der Waals surface area contributed by atoms with E-state index < -0.39 is 0 Å². The molecule has 0 saturated carbocycles. The summed E-state index contributed by atoms with van der Waals surface area (Å²) in [5, 5.41) is 0. The summed E-state index contributed by atoms with van der Waals surface area (Å²) in [5.41, 5.74) is 9.84. The van der Waals surface area contributed by atoms with Gasteiger partial charge in [0.2, 0.25) is 0 Å². The molecule has 0 aliphatic rings. The van der Waals surface area contributed by atoms with E-state index in [1.807, 2.05) is 49.4 Å². The molecular weight excluding hydrogens is 260 g/mol. The Bertz CT molecular complexity index is 567. The van der Waals surface area contributed by atoms with Crippen molar-refractivity contribution in [3.8, 4) is 5.75 Å². The van der Waals surface area contributed by atoms with Crippen LogP contribution in [0, 0.1) is 0 Å². The second kappa shape index (κ2) is 8.12. The van der Waals surface area contributed by atoms with Crippen LogP contribution in [0.2, 0.25) is 0 Å². The van der Waals surface area contributed by atoms with E-state index in [-0.39, 0.29) is 0 Å². The lowest BCUT2D eigenvalue weighted by Gasteiger charge is -2.12. The van der Waals surface area contributed by atoms with Gasteiger partial charge >= 0.3 is 0 Å². The molecule has 0 aromatic heterocycles. The van der Waals surface area contributed by atoms with Crippen LogP contribution < -0.4 is 15.6 Å². The average molecular weight is 282 g/mol. The van der Waals surface area contributed by atoms with Crippen molar-refractivity contribution in [2.45, 2.75) is 19.9 Å². The maximum absolute atomic E-state index is 5.63. The van der Waals surface area contributed by atoms with Gasteiger partial charge in [-0.2, -0.15) is 0 Å². The Labute approximate surface area is 126 Å². The summed E-state index contributed by atoms with van der Waals surface area (Å²) in [6.45, 7) is 7.22. The van der Waals surface area contributed by atoms with Crippen molar-refractivity contribution in [2.24, 2.45) is 0 Å². The number of hydrogen-bond donors (Lipinski definition) is 2. The minimum absolute atomic E-state index is 0.678. The van der Waals surface area contributed by atoms with E-state index in [4.69, 9.17) is 4.74 Å². The minimum Gasteiger partial charge on any atom is -0.494 e. The van der Waals surface area contributed by atoms with Gasteiger partial charge in [0.25, 0.3) is 0 Å². The molecule has 0 atom stereocenters. The molecule has 0 aliphatic heterocycles. The third-order valence-electron chi connectivity index (χ3n) is 3.09. The molecule has 0 heterocycles. The molecule has 3 heteroatoms. The zero-order valence-electron chi connectivity index (χ0n) is 12.4. The topological polar surface area (TPSA) is 33.3 Å². The quantitative estimate of drug-likeness (QED) is 0.568. The highest BCUT2D eigenvalue weighted by molar-refractivity contribution is 5.42. The van der Waals surface area contributed by atoms with Crippen molar-refractivity contribution in [1.29, 1.82) is 0 Å². The van der Waals surface area contributed by atoms with Crippen molar-refractivity contribution >= 4 is 5.69 Å². The summed E-state index contributed by atoms with van der Waals surface area (Å²) >= 11 is 0. The normalized spacial score (nSPS) is 10.1. The van der Waals surface area contributed by atoms with Crippen molar-refractivity contribution in [2.75, 3.05) is 12.0 Å². The fourth-order valence-electron chi connectivity index (χ4n) is 2.12. The standard InChI is InChI=1S/C18H22N2O/c1-3-8-16-13-15(11-12-18(16)21-4-2)14-19-20-17-9-6-5-7-10-17/h3,5-7,9-13,19-20H,1,4,8,14H2,2H3. The predicted octanol–water partition coefficient (Wildman–Crippen LogP) is 3.93. The van der Waals surface area contributed by atoms with E-state index in [9.17, 15) is 0 Å². The second-order valence-electron chi connectivity index (χ2n) is 4.71. The molecule has 0 radical (unpaired) electrons. The molecule has 0 fully saturated rings. The average Bonchev–Trinajstić information content (AvgIpc) is 2.51. The molecule has 0 spiro atoms. The molecule has 2 rings (SSSR count). The Morgan fingerprint density at radius 2 is 1.95 bits per heavy atom. The van der Waals surface area contributed by atoms with E-state index >= 15 is 0 Å². The van der Waals surface area contributed by atoms with Crippen LogP contribution in [0.4, 0.5) is 5.69 Å². The maximum Gasteiger partial charge on any atom is 0.122 e. The van der Waals surface area contributed by atoms with Gasteiger partial charge in [-0.25, -0.2) is 5.43 Å². The third-order valence-corrected chi connectivity index (χ3v) is 3.09. The van der Waals surface area contributed by atoms with E-state index in [0.29, 0.717) is 6.61 Å². The van der Waals surface area contributed by atoms with Crippen LogP contribution in [0.25, 0.3) is 0 Å². The summed E-state index contributed by atoms with van der Waals surface area (Å²) in [7, 11) is 0. The smallest absolute Gasteiger partial charge is 0.122 e. The van der Waals surface area contributed by atoms with Crippen LogP contribution in [-0.4, -0.2) is 6.61 Å². The van der Waals surface area contributed by atoms with Gasteiger partial charge in [-0.15, -0.1) is 6.58 Å². The van der Waals surface area contributed by atoms with Gasteiger partial charge in [-0.05, 0) is 42.7 Å². The van der Waals surface area contributed by atoms with Gasteiger partial charge in [-0.1, -0.05) is 36.4 Å². The summed E-state index contributed by atoms with van der Waals surface area (Å²) in [6.07, 6.45) is 2.71. The Hall–Kier alpha value is -2.26. The number of para-hydroxylation sites is 1. The van der Waals surface area contributed by atoms with E-state index in [0.717, 1.165) is 24.4 Å². The number of benzene rings is 2. The lowest BCUT2D eigenvalue weighted by atomic mass is 10.1. The van der Waals surface area contributed by atoms with Gasteiger partial charge in [0, 0.05) is 12.2 Å². The summed E-state index contributed by atoms with van der Waals surface area (Å²) in [4.78, 5) is 0. The van der Waals surface area contributed by atoms with E-state index in [1.54, 1.807) is 0 Å². The largest absolute Gasteiger partial charge is 0.494 e. The number of anilines is 1. The molecule has 110 valence electrons. The molecule has 0 saturated heterocycles. The lowest BCUT2D eigenvalue weighted by Crippen LogP contribution is -2.20. The van der Waals surface area contributed by atoms with Crippen LogP contribution >= 0.6 is 0 Å². The maximum atomic E-state index is 5.63. The zero-order valence-corrected chi connectivity index (χ0v) is 12.4. The second-order valence-corrected chi connectivity index (χ2v) is 4.71. The minimum atomic E-state index is 0.678. The van der Waals surface area contributed by atoms with Gasteiger partial charge in [0.05, 0.1) is 6.61 Å². The van der Waals surface area contributed by atoms with Crippen molar-refractivity contribution < 1.29 is 4.74 Å². The van der Waals surface area contributed by atoms with Crippen molar-refractivity contribution in [1.82, 2.24) is 5.43 Å². The molecule has 2 aromatic rings. The Morgan fingerprint density at radius 1 is 1.14 bits per heavy atom. The Balaban J connectivity index is 1.96. The molecule has 2 N–H and O–H groups in total. The first kappa shape index (κ1) is 15.1. The van der Waals surface area contributed by atoms with E-state index in [2.05, 4.69) is 29.6 Å². The molecular formula is C18H22N2O. The SMILES string of the molecule is C=CCc1cc(CNNc2ccccc2)ccc1OCC. The summed E-state index contributed by atoms with van der Waals surface area (Å²) in [6, 6.07) is 16.3. The molecule has 21 heavy (non-hydrogen) atoms. The number of ether oxygens (including phenoxy) is 1. The molecule has 0 bridgehead atoms. The predicted molar refractivity (Wildman–Crippen MR) is 88.4 cm³/mol. The van der Waals surface area contributed by atoms with Crippen LogP contribution in [0.15, 0.2) is 61.2 Å². The van der Waals surface area contributed by atoms with Gasteiger partial charge in [-0.3, -0.25) is 0 Å². The van der Waals surface area contributed by atoms with Gasteiger partial charge < -0.3 is 10.2 Å². The number of allylic oxidation sites excluding steroid dienone is 1. The van der Waals surface area contributed by atoms with Gasteiger partial charge in [0.15, 0.2) is 0 Å². The fraction of sp³-hybridized carbons (Fsp3) is 0.222. The number of hydrogen-bond acceptors (Lipinski definition) is 3. The molecule has 0 aliphatic carbocycles. The molecule has 0 unspecified atom stereocenters. The highest BCUT2D eigenvalue weighted by atomic mass is 16.5. The molecule has 3 nitrogen and oxygen atoms in total. The highest BCUT2D eigenvalue weighted by Crippen LogP contribution is 2.21. The molecule has 2 aromatic carbocycles. The van der Waals surface area contributed by atoms with E-state index in [1.165, 1.54) is 11.1 Å².